The first-order valence-electron chi connectivity index (χ1n) is 10.6. The number of aliphatic hydroxyl groups excluding tert-OH is 1. The summed E-state index contributed by atoms with van der Waals surface area (Å²) in [7, 11) is 0. The van der Waals surface area contributed by atoms with E-state index in [1.807, 2.05) is 0 Å². The van der Waals surface area contributed by atoms with Crippen LogP contribution in [-0.2, 0) is 23.8 Å². The highest BCUT2D eigenvalue weighted by Gasteiger charge is 2.42. The third-order valence-corrected chi connectivity index (χ3v) is 5.45. The highest BCUT2D eigenvalue weighted by Crippen LogP contribution is 2.42. The summed E-state index contributed by atoms with van der Waals surface area (Å²) in [6.45, 7) is 6.38. The Morgan fingerprint density at radius 2 is 1.88 bits per heavy atom. The zero-order chi connectivity index (χ0) is 24.0. The molecule has 33 heavy (non-hydrogen) atoms. The Morgan fingerprint density at radius 1 is 1.21 bits per heavy atom. The molecule has 2 N–H and O–H groups in total. The maximum Gasteiger partial charge on any atom is 0.340 e. The predicted molar refractivity (Wildman–Crippen MR) is 116 cm³/mol. The molecule has 0 aromatic heterocycles. The van der Waals surface area contributed by atoms with Crippen molar-refractivity contribution < 1.29 is 33.8 Å². The van der Waals surface area contributed by atoms with E-state index in [0.717, 1.165) is 13.1 Å². The number of rotatable bonds is 8. The van der Waals surface area contributed by atoms with Crippen molar-refractivity contribution in [2.24, 2.45) is 0 Å². The number of nitro groups is 1. The summed E-state index contributed by atoms with van der Waals surface area (Å²) in [4.78, 5) is 39.1. The molecular weight excluding hydrogens is 434 g/mol. The largest absolute Gasteiger partial charge is 0.494 e. The number of morpholine rings is 1. The number of ether oxygens (including phenoxy) is 3. The van der Waals surface area contributed by atoms with Crippen LogP contribution in [-0.4, -0.2) is 72.9 Å². The van der Waals surface area contributed by atoms with Gasteiger partial charge in [-0.1, -0.05) is 18.2 Å². The van der Waals surface area contributed by atoms with Crippen molar-refractivity contribution in [2.45, 2.75) is 19.8 Å². The normalized spacial score (nSPS) is 19.2. The fourth-order valence-corrected chi connectivity index (χ4v) is 3.88. The van der Waals surface area contributed by atoms with Crippen LogP contribution in [0.15, 0.2) is 47.0 Å². The van der Waals surface area contributed by atoms with Gasteiger partial charge in [-0.2, -0.15) is 0 Å². The Kier molecular flexibility index (Phi) is 8.01. The lowest BCUT2D eigenvalue weighted by Crippen LogP contribution is -2.39. The second-order valence-electron chi connectivity index (χ2n) is 7.49. The Balaban J connectivity index is 1.95. The van der Waals surface area contributed by atoms with E-state index in [1.54, 1.807) is 13.0 Å². The van der Waals surface area contributed by atoms with Gasteiger partial charge in [-0.25, -0.2) is 9.59 Å². The van der Waals surface area contributed by atoms with E-state index in [0.29, 0.717) is 19.8 Å². The van der Waals surface area contributed by atoms with E-state index < -0.39 is 28.7 Å². The molecule has 11 nitrogen and oxygen atoms in total. The average Bonchev–Trinajstić information content (AvgIpc) is 2.79. The number of carbonyl (C=O) groups excluding carboxylic acids is 2. The smallest absolute Gasteiger partial charge is 0.340 e. The fourth-order valence-electron chi connectivity index (χ4n) is 3.88. The lowest BCUT2D eigenvalue weighted by atomic mass is 9.81. The van der Waals surface area contributed by atoms with Crippen LogP contribution < -0.4 is 5.32 Å². The lowest BCUT2D eigenvalue weighted by molar-refractivity contribution is -0.385. The molecule has 1 aromatic rings. The number of nitrogens with one attached hydrogen (secondary N) is 1. The summed E-state index contributed by atoms with van der Waals surface area (Å²) >= 11 is 0. The van der Waals surface area contributed by atoms with E-state index in [2.05, 4.69) is 10.2 Å². The molecule has 0 spiro atoms. The molecule has 1 unspecified atom stereocenters. The third-order valence-electron chi connectivity index (χ3n) is 5.45. The summed E-state index contributed by atoms with van der Waals surface area (Å²) in [6.07, 6.45) is 0. The van der Waals surface area contributed by atoms with Gasteiger partial charge in [0.2, 0.25) is 0 Å². The van der Waals surface area contributed by atoms with Crippen molar-refractivity contribution in [2.75, 3.05) is 46.1 Å². The second-order valence-corrected chi connectivity index (χ2v) is 7.49. The van der Waals surface area contributed by atoms with Crippen LogP contribution in [0.4, 0.5) is 5.69 Å². The minimum Gasteiger partial charge on any atom is -0.494 e. The van der Waals surface area contributed by atoms with Crippen molar-refractivity contribution in [3.63, 3.8) is 0 Å². The number of carbonyl (C=O) groups is 2. The highest BCUT2D eigenvalue weighted by molar-refractivity contribution is 6.00. The Morgan fingerprint density at radius 3 is 2.55 bits per heavy atom. The van der Waals surface area contributed by atoms with Gasteiger partial charge in [-0.3, -0.25) is 15.0 Å². The molecule has 0 saturated carbocycles. The predicted octanol–water partition coefficient (Wildman–Crippen LogP) is 1.76. The molecule has 1 atom stereocenters. The first-order chi connectivity index (χ1) is 15.8. The molecule has 1 fully saturated rings. The molecular formula is C22H27N3O8. The van der Waals surface area contributed by atoms with E-state index >= 15 is 0 Å². The molecule has 0 amide bonds. The average molecular weight is 461 g/mol. The molecule has 0 radical (unpaired) electrons. The summed E-state index contributed by atoms with van der Waals surface area (Å²) in [5.74, 6) is -3.41. The summed E-state index contributed by atoms with van der Waals surface area (Å²) in [6, 6.07) is 5.75. The van der Waals surface area contributed by atoms with Crippen molar-refractivity contribution >= 4 is 17.6 Å². The maximum atomic E-state index is 13.2. The fraction of sp³-hybridized carbons (Fsp3) is 0.455. The Hall–Kier alpha value is -3.44. The van der Waals surface area contributed by atoms with Crippen molar-refractivity contribution in [3.8, 4) is 0 Å². The topological polar surface area (TPSA) is 140 Å². The maximum absolute atomic E-state index is 13.2. The number of dihydropyridines is 1. The van der Waals surface area contributed by atoms with Gasteiger partial charge < -0.3 is 24.6 Å². The van der Waals surface area contributed by atoms with Gasteiger partial charge in [0.05, 0.1) is 36.2 Å². The van der Waals surface area contributed by atoms with E-state index in [1.165, 1.54) is 25.1 Å². The second kappa shape index (κ2) is 10.9. The molecule has 11 heteroatoms. The van der Waals surface area contributed by atoms with Gasteiger partial charge in [0.25, 0.3) is 5.69 Å². The molecule has 178 valence electrons. The van der Waals surface area contributed by atoms with E-state index in [4.69, 9.17) is 14.2 Å². The third kappa shape index (κ3) is 5.49. The number of nitrogens with zero attached hydrogens (tertiary/aromatic N) is 2. The van der Waals surface area contributed by atoms with Crippen molar-refractivity contribution in [1.82, 2.24) is 10.2 Å². The Bertz CT molecular complexity index is 982. The van der Waals surface area contributed by atoms with Gasteiger partial charge in [-0.15, -0.1) is 0 Å². The monoisotopic (exact) mass is 461 g/mol. The van der Waals surface area contributed by atoms with Crippen LogP contribution >= 0.6 is 0 Å². The van der Waals surface area contributed by atoms with Crippen molar-refractivity contribution in [1.29, 1.82) is 0 Å². The number of nitro benzene ring substituents is 1. The first kappa shape index (κ1) is 24.2. The first-order valence-corrected chi connectivity index (χ1v) is 10.6. The zero-order valence-corrected chi connectivity index (χ0v) is 18.5. The van der Waals surface area contributed by atoms with Crippen LogP contribution in [0.3, 0.4) is 0 Å². The van der Waals surface area contributed by atoms with Gasteiger partial charge in [0, 0.05) is 37.0 Å². The Labute approximate surface area is 190 Å². The quantitative estimate of drug-likeness (QED) is 0.334. The SMILES string of the molecule is CCOC(=O)C1=C(O)NC(C)=C(C(=O)OCCN2CCOCC2)C1c1ccccc1[N+](=O)[O-]. The van der Waals surface area contributed by atoms with Gasteiger partial charge >= 0.3 is 11.9 Å². The minimum atomic E-state index is -1.25. The number of para-hydroxylation sites is 1. The molecule has 1 saturated heterocycles. The number of hydrogen-bond donors (Lipinski definition) is 2. The van der Waals surface area contributed by atoms with Crippen LogP contribution in [0.25, 0.3) is 0 Å². The molecule has 0 aliphatic carbocycles. The van der Waals surface area contributed by atoms with Crippen molar-refractivity contribution in [3.05, 3.63) is 62.7 Å². The van der Waals surface area contributed by atoms with Crippen LogP contribution in [0, 0.1) is 10.1 Å². The van der Waals surface area contributed by atoms with Crippen LogP contribution in [0.5, 0.6) is 0 Å². The number of allylic oxidation sites excluding steroid dienone is 1. The molecule has 1 aromatic carbocycles. The molecule has 2 heterocycles. The van der Waals surface area contributed by atoms with Crippen LogP contribution in [0.2, 0.25) is 0 Å². The van der Waals surface area contributed by atoms with Crippen LogP contribution in [0.1, 0.15) is 25.3 Å². The van der Waals surface area contributed by atoms with E-state index in [-0.39, 0.29) is 41.3 Å². The number of hydrogen-bond acceptors (Lipinski definition) is 10. The standard InChI is InChI=1S/C22H27N3O8/c1-3-32-22(28)19-18(15-6-4-5-7-16(15)25(29)30)17(14(2)23-20(19)26)21(27)33-13-10-24-8-11-31-12-9-24/h4-7,18,23,26H,3,8-13H2,1-2H3. The molecule has 2 aliphatic rings. The van der Waals surface area contributed by atoms with Gasteiger partial charge in [0.15, 0.2) is 5.88 Å². The summed E-state index contributed by atoms with van der Waals surface area (Å²) in [5.41, 5.74) is -0.312. The number of benzene rings is 1. The number of aliphatic hydroxyl groups is 1. The number of esters is 2. The molecule has 0 bridgehead atoms. The highest BCUT2D eigenvalue weighted by atomic mass is 16.6. The molecule has 2 aliphatic heterocycles. The summed E-state index contributed by atoms with van der Waals surface area (Å²) < 4.78 is 15.9. The lowest BCUT2D eigenvalue weighted by Gasteiger charge is -2.29. The zero-order valence-electron chi connectivity index (χ0n) is 18.5. The molecule has 3 rings (SSSR count). The van der Waals surface area contributed by atoms with E-state index in [9.17, 15) is 24.8 Å². The minimum absolute atomic E-state index is 0.00729. The van der Waals surface area contributed by atoms with Gasteiger partial charge in [-0.05, 0) is 13.8 Å². The summed E-state index contributed by atoms with van der Waals surface area (Å²) in [5, 5.41) is 24.8. The van der Waals surface area contributed by atoms with Gasteiger partial charge in [0.1, 0.15) is 12.2 Å².